The molecule has 0 atom stereocenters. The molecule has 0 saturated heterocycles. The van der Waals surface area contributed by atoms with E-state index in [1.54, 1.807) is 0 Å². The van der Waals surface area contributed by atoms with E-state index in [2.05, 4.69) is 26.5 Å². The van der Waals surface area contributed by atoms with Crippen LogP contribution in [0.25, 0.3) is 5.57 Å². The Labute approximate surface area is 91.4 Å². The minimum absolute atomic E-state index is 0.361. The summed E-state index contributed by atoms with van der Waals surface area (Å²) in [6, 6.07) is 12.0. The molecule has 0 spiro atoms. The van der Waals surface area contributed by atoms with Gasteiger partial charge >= 0.3 is 0 Å². The first kappa shape index (κ1) is 11.3. The monoisotopic (exact) mass is 197 g/mol. The van der Waals surface area contributed by atoms with Crippen LogP contribution in [0.3, 0.4) is 0 Å². The Morgan fingerprint density at radius 3 is 2.40 bits per heavy atom. The molecule has 0 bridgehead atoms. The Hall–Kier alpha value is -1.81. The van der Waals surface area contributed by atoms with Crippen LogP contribution in [0.15, 0.2) is 48.6 Å². The first-order valence-electron chi connectivity index (χ1n) is 5.01. The fourth-order valence-electron chi connectivity index (χ4n) is 1.33. The summed E-state index contributed by atoms with van der Waals surface area (Å²) < 4.78 is 0. The highest BCUT2D eigenvalue weighted by Gasteiger charge is 2.04. The van der Waals surface area contributed by atoms with Gasteiger partial charge < -0.3 is 0 Å². The number of allylic oxidation sites excluding steroid dienone is 3. The van der Waals surface area contributed by atoms with Crippen molar-refractivity contribution in [3.8, 4) is 6.07 Å². The fraction of sp³-hybridized carbons (Fsp3) is 0.214. The van der Waals surface area contributed by atoms with Crippen LogP contribution < -0.4 is 0 Å². The second-order valence-electron chi connectivity index (χ2n) is 3.78. The van der Waals surface area contributed by atoms with Crippen molar-refractivity contribution in [2.45, 2.75) is 13.8 Å². The highest BCUT2D eigenvalue weighted by atomic mass is 14.3. The van der Waals surface area contributed by atoms with Gasteiger partial charge in [-0.1, -0.05) is 56.8 Å². The summed E-state index contributed by atoms with van der Waals surface area (Å²) in [5, 5.41) is 9.03. The standard InChI is InChI=1S/C14H15N/c1-11(2)9-14(10-15)12(3)13-7-5-4-6-8-13/h4-9,11H,3H2,1-2H3/b14-9+. The maximum absolute atomic E-state index is 9.03. The molecular formula is C14H15N. The van der Waals surface area contributed by atoms with Gasteiger partial charge in [0, 0.05) is 0 Å². The van der Waals surface area contributed by atoms with Crippen LogP contribution in [0, 0.1) is 17.2 Å². The van der Waals surface area contributed by atoms with Crippen molar-refractivity contribution in [1.82, 2.24) is 0 Å². The molecule has 0 amide bonds. The van der Waals surface area contributed by atoms with Crippen molar-refractivity contribution in [3.05, 3.63) is 54.1 Å². The van der Waals surface area contributed by atoms with Gasteiger partial charge in [-0.25, -0.2) is 0 Å². The average Bonchev–Trinajstić information content (AvgIpc) is 2.26. The van der Waals surface area contributed by atoms with Crippen LogP contribution in [-0.2, 0) is 0 Å². The Morgan fingerprint density at radius 1 is 1.33 bits per heavy atom. The van der Waals surface area contributed by atoms with Crippen LogP contribution in [-0.4, -0.2) is 0 Å². The molecule has 0 unspecified atom stereocenters. The lowest BCUT2D eigenvalue weighted by molar-refractivity contribution is 0.829. The Bertz CT molecular complexity index is 405. The molecule has 1 aromatic carbocycles. The quantitative estimate of drug-likeness (QED) is 0.534. The molecule has 1 rings (SSSR count). The van der Waals surface area contributed by atoms with E-state index in [9.17, 15) is 0 Å². The number of nitriles is 1. The third-order valence-electron chi connectivity index (χ3n) is 2.07. The molecular weight excluding hydrogens is 182 g/mol. The smallest absolute Gasteiger partial charge is 0.0994 e. The molecule has 1 nitrogen and oxygen atoms in total. The summed E-state index contributed by atoms with van der Waals surface area (Å²) in [5.74, 6) is 0.361. The maximum atomic E-state index is 9.03. The van der Waals surface area contributed by atoms with Crippen molar-refractivity contribution in [1.29, 1.82) is 5.26 Å². The zero-order chi connectivity index (χ0) is 11.3. The second-order valence-corrected chi connectivity index (χ2v) is 3.78. The second kappa shape index (κ2) is 5.17. The molecule has 15 heavy (non-hydrogen) atoms. The van der Waals surface area contributed by atoms with Crippen molar-refractivity contribution < 1.29 is 0 Å². The summed E-state index contributed by atoms with van der Waals surface area (Å²) in [6.45, 7) is 8.06. The largest absolute Gasteiger partial charge is 0.192 e. The number of nitrogens with zero attached hydrogens (tertiary/aromatic N) is 1. The lowest BCUT2D eigenvalue weighted by Crippen LogP contribution is -1.89. The molecule has 0 radical (unpaired) electrons. The molecule has 1 heteroatoms. The molecule has 0 aliphatic rings. The SMILES string of the molecule is C=C(/C(C#N)=C/C(C)C)c1ccccc1. The predicted octanol–water partition coefficient (Wildman–Crippen LogP) is 3.81. The summed E-state index contributed by atoms with van der Waals surface area (Å²) in [4.78, 5) is 0. The zero-order valence-corrected chi connectivity index (χ0v) is 9.20. The van der Waals surface area contributed by atoms with Gasteiger partial charge in [0.2, 0.25) is 0 Å². The first-order valence-corrected chi connectivity index (χ1v) is 5.01. The van der Waals surface area contributed by atoms with Gasteiger partial charge in [-0.15, -0.1) is 0 Å². The topological polar surface area (TPSA) is 23.8 Å². The molecule has 0 N–H and O–H groups in total. The molecule has 0 heterocycles. The van der Waals surface area contributed by atoms with Crippen LogP contribution in [0.2, 0.25) is 0 Å². The Balaban J connectivity index is 3.00. The molecule has 76 valence electrons. The molecule has 1 aromatic rings. The van der Waals surface area contributed by atoms with Gasteiger partial charge in [-0.3, -0.25) is 0 Å². The molecule has 0 fully saturated rings. The molecule has 0 aliphatic heterocycles. The van der Waals surface area contributed by atoms with Crippen molar-refractivity contribution in [3.63, 3.8) is 0 Å². The van der Waals surface area contributed by atoms with Gasteiger partial charge in [0.05, 0.1) is 11.6 Å². The maximum Gasteiger partial charge on any atom is 0.0994 e. The van der Waals surface area contributed by atoms with Crippen LogP contribution in [0.1, 0.15) is 19.4 Å². The summed E-state index contributed by atoms with van der Waals surface area (Å²) >= 11 is 0. The molecule has 0 aliphatic carbocycles. The number of hydrogen-bond acceptors (Lipinski definition) is 1. The Morgan fingerprint density at radius 2 is 1.93 bits per heavy atom. The average molecular weight is 197 g/mol. The zero-order valence-electron chi connectivity index (χ0n) is 9.20. The fourth-order valence-corrected chi connectivity index (χ4v) is 1.33. The van der Waals surface area contributed by atoms with Gasteiger partial charge in [-0.05, 0) is 17.1 Å². The van der Waals surface area contributed by atoms with E-state index < -0.39 is 0 Å². The predicted molar refractivity (Wildman–Crippen MR) is 64.0 cm³/mol. The van der Waals surface area contributed by atoms with Gasteiger partial charge in [-0.2, -0.15) is 5.26 Å². The van der Waals surface area contributed by atoms with Crippen molar-refractivity contribution in [2.24, 2.45) is 5.92 Å². The van der Waals surface area contributed by atoms with Crippen molar-refractivity contribution in [2.75, 3.05) is 0 Å². The van der Waals surface area contributed by atoms with E-state index in [0.717, 1.165) is 11.1 Å². The van der Waals surface area contributed by atoms with Gasteiger partial charge in [0.1, 0.15) is 0 Å². The third-order valence-corrected chi connectivity index (χ3v) is 2.07. The minimum atomic E-state index is 0.361. The minimum Gasteiger partial charge on any atom is -0.192 e. The number of rotatable bonds is 3. The summed E-state index contributed by atoms with van der Waals surface area (Å²) in [6.07, 6.45) is 1.94. The van der Waals surface area contributed by atoms with Crippen molar-refractivity contribution >= 4 is 5.57 Å². The normalized spacial score (nSPS) is 11.2. The van der Waals surface area contributed by atoms with Crippen LogP contribution in [0.4, 0.5) is 0 Å². The van der Waals surface area contributed by atoms with Crippen LogP contribution in [0.5, 0.6) is 0 Å². The molecule has 0 aromatic heterocycles. The van der Waals surface area contributed by atoms with E-state index in [0.29, 0.717) is 11.5 Å². The molecule has 0 saturated carbocycles. The van der Waals surface area contributed by atoms with E-state index >= 15 is 0 Å². The third kappa shape index (κ3) is 3.11. The van der Waals surface area contributed by atoms with E-state index in [4.69, 9.17) is 5.26 Å². The van der Waals surface area contributed by atoms with Crippen LogP contribution >= 0.6 is 0 Å². The highest BCUT2D eigenvalue weighted by Crippen LogP contribution is 2.21. The Kier molecular flexibility index (Phi) is 3.88. The van der Waals surface area contributed by atoms with E-state index in [1.807, 2.05) is 36.4 Å². The summed E-state index contributed by atoms with van der Waals surface area (Å²) in [7, 11) is 0. The lowest BCUT2D eigenvalue weighted by atomic mass is 9.98. The van der Waals surface area contributed by atoms with Gasteiger partial charge in [0.15, 0.2) is 0 Å². The van der Waals surface area contributed by atoms with E-state index in [1.165, 1.54) is 0 Å². The van der Waals surface area contributed by atoms with E-state index in [-0.39, 0.29) is 0 Å². The highest BCUT2D eigenvalue weighted by molar-refractivity contribution is 5.81. The first-order chi connectivity index (χ1) is 7.15. The summed E-state index contributed by atoms with van der Waals surface area (Å²) in [5.41, 5.74) is 2.47. The number of hydrogen-bond donors (Lipinski definition) is 0. The van der Waals surface area contributed by atoms with Gasteiger partial charge in [0.25, 0.3) is 0 Å². The lowest BCUT2D eigenvalue weighted by Gasteiger charge is -2.05. The number of benzene rings is 1.